The second-order valence-electron chi connectivity index (χ2n) is 5.53. The van der Waals surface area contributed by atoms with Crippen LogP contribution in [0, 0.1) is 5.82 Å². The molecule has 28 heavy (non-hydrogen) atoms. The SMILES string of the molecule is C/C=C/c1ccc(OCC(=O)OCC(=O)Nc2ccc(Cl)cc2F)c(OC)c1. The maximum Gasteiger partial charge on any atom is 0.344 e. The van der Waals surface area contributed by atoms with E-state index in [0.717, 1.165) is 11.6 Å². The molecule has 0 spiro atoms. The Morgan fingerprint density at radius 3 is 2.61 bits per heavy atom. The highest BCUT2D eigenvalue weighted by atomic mass is 35.5. The quantitative estimate of drug-likeness (QED) is 0.667. The highest BCUT2D eigenvalue weighted by molar-refractivity contribution is 6.30. The predicted octanol–water partition coefficient (Wildman–Crippen LogP) is 4.08. The van der Waals surface area contributed by atoms with E-state index in [1.807, 2.05) is 19.1 Å². The number of carbonyl (C=O) groups is 2. The maximum atomic E-state index is 13.6. The first-order valence-electron chi connectivity index (χ1n) is 8.27. The third kappa shape index (κ3) is 6.28. The van der Waals surface area contributed by atoms with E-state index in [9.17, 15) is 14.0 Å². The van der Waals surface area contributed by atoms with Gasteiger partial charge in [-0.25, -0.2) is 9.18 Å². The zero-order valence-electron chi connectivity index (χ0n) is 15.3. The third-order valence-electron chi connectivity index (χ3n) is 3.46. The lowest BCUT2D eigenvalue weighted by molar-refractivity contribution is -0.149. The maximum absolute atomic E-state index is 13.6. The van der Waals surface area contributed by atoms with Crippen molar-refractivity contribution in [2.45, 2.75) is 6.92 Å². The van der Waals surface area contributed by atoms with Gasteiger partial charge >= 0.3 is 5.97 Å². The number of amides is 1. The predicted molar refractivity (Wildman–Crippen MR) is 104 cm³/mol. The van der Waals surface area contributed by atoms with Crippen LogP contribution in [0.25, 0.3) is 6.08 Å². The Morgan fingerprint density at radius 1 is 1.14 bits per heavy atom. The van der Waals surface area contributed by atoms with E-state index < -0.39 is 30.9 Å². The lowest BCUT2D eigenvalue weighted by atomic mass is 10.2. The number of anilines is 1. The lowest BCUT2D eigenvalue weighted by Crippen LogP contribution is -2.24. The molecule has 0 radical (unpaired) electrons. The van der Waals surface area contributed by atoms with E-state index in [1.165, 1.54) is 19.2 Å². The van der Waals surface area contributed by atoms with Crippen LogP contribution in [0.2, 0.25) is 5.02 Å². The van der Waals surface area contributed by atoms with Gasteiger partial charge in [0.05, 0.1) is 12.8 Å². The largest absolute Gasteiger partial charge is 0.493 e. The molecule has 0 bridgehead atoms. The molecular formula is C20H19ClFNO5. The van der Waals surface area contributed by atoms with Gasteiger partial charge in [0.15, 0.2) is 24.7 Å². The molecule has 0 aliphatic heterocycles. The van der Waals surface area contributed by atoms with Crippen molar-refractivity contribution < 1.29 is 28.2 Å². The Morgan fingerprint density at radius 2 is 1.93 bits per heavy atom. The smallest absolute Gasteiger partial charge is 0.344 e. The van der Waals surface area contributed by atoms with Crippen molar-refractivity contribution in [3.8, 4) is 11.5 Å². The molecule has 1 N–H and O–H groups in total. The molecule has 0 atom stereocenters. The van der Waals surface area contributed by atoms with Crippen LogP contribution in [-0.2, 0) is 14.3 Å². The molecule has 0 aliphatic rings. The molecule has 2 rings (SSSR count). The number of carbonyl (C=O) groups excluding carboxylic acids is 2. The monoisotopic (exact) mass is 407 g/mol. The summed E-state index contributed by atoms with van der Waals surface area (Å²) < 4.78 is 29.0. The summed E-state index contributed by atoms with van der Waals surface area (Å²) in [7, 11) is 1.49. The van der Waals surface area contributed by atoms with Gasteiger partial charge < -0.3 is 19.5 Å². The summed E-state index contributed by atoms with van der Waals surface area (Å²) in [5.74, 6) is -1.32. The Hall–Kier alpha value is -3.06. The summed E-state index contributed by atoms with van der Waals surface area (Å²) in [6, 6.07) is 9.02. The number of ether oxygens (including phenoxy) is 3. The molecule has 0 saturated heterocycles. The van der Waals surface area contributed by atoms with Crippen molar-refractivity contribution in [1.29, 1.82) is 0 Å². The summed E-state index contributed by atoms with van der Waals surface area (Å²) in [6.45, 7) is 0.897. The summed E-state index contributed by atoms with van der Waals surface area (Å²) in [5.41, 5.74) is 0.855. The van der Waals surface area contributed by atoms with Crippen molar-refractivity contribution in [2.24, 2.45) is 0 Å². The zero-order chi connectivity index (χ0) is 20.5. The van der Waals surface area contributed by atoms with E-state index in [0.29, 0.717) is 11.5 Å². The van der Waals surface area contributed by atoms with Crippen LogP contribution in [0.5, 0.6) is 11.5 Å². The standard InChI is InChI=1S/C20H19ClFNO5/c1-3-4-13-5-8-17(18(9-13)26-2)27-12-20(25)28-11-19(24)23-16-7-6-14(21)10-15(16)22/h3-10H,11-12H2,1-2H3,(H,23,24)/b4-3+. The summed E-state index contributed by atoms with van der Waals surface area (Å²) >= 11 is 5.64. The minimum atomic E-state index is -0.758. The molecule has 0 aromatic heterocycles. The Labute approximate surface area is 166 Å². The molecule has 8 heteroatoms. The highest BCUT2D eigenvalue weighted by Gasteiger charge is 2.12. The van der Waals surface area contributed by atoms with Crippen LogP contribution in [0.1, 0.15) is 12.5 Å². The number of benzene rings is 2. The highest BCUT2D eigenvalue weighted by Crippen LogP contribution is 2.28. The number of hydrogen-bond donors (Lipinski definition) is 1. The Kier molecular flexibility index (Phi) is 7.83. The molecule has 0 saturated carbocycles. The second kappa shape index (κ2) is 10.3. The fourth-order valence-electron chi connectivity index (χ4n) is 2.20. The van der Waals surface area contributed by atoms with Gasteiger partial charge in [0, 0.05) is 5.02 Å². The first-order valence-corrected chi connectivity index (χ1v) is 8.64. The second-order valence-corrected chi connectivity index (χ2v) is 5.97. The lowest BCUT2D eigenvalue weighted by Gasteiger charge is -2.11. The number of esters is 1. The molecule has 2 aromatic carbocycles. The van der Waals surface area contributed by atoms with Crippen LogP contribution in [0.3, 0.4) is 0 Å². The summed E-state index contributed by atoms with van der Waals surface area (Å²) in [4.78, 5) is 23.6. The van der Waals surface area contributed by atoms with Crippen molar-refractivity contribution in [1.82, 2.24) is 0 Å². The number of halogens is 2. The normalized spacial score (nSPS) is 10.6. The fourth-order valence-corrected chi connectivity index (χ4v) is 2.36. The van der Waals surface area contributed by atoms with Gasteiger partial charge in [0.1, 0.15) is 5.82 Å². The molecule has 0 unspecified atom stereocenters. The van der Waals surface area contributed by atoms with Gasteiger partial charge in [-0.2, -0.15) is 0 Å². The molecule has 1 amide bonds. The molecule has 0 aliphatic carbocycles. The fraction of sp³-hybridized carbons (Fsp3) is 0.200. The summed E-state index contributed by atoms with van der Waals surface area (Å²) in [6.07, 6.45) is 3.77. The van der Waals surface area contributed by atoms with Crippen LogP contribution >= 0.6 is 11.6 Å². The average molecular weight is 408 g/mol. The first-order chi connectivity index (χ1) is 13.4. The number of nitrogens with one attached hydrogen (secondary N) is 1. The van der Waals surface area contributed by atoms with Gasteiger partial charge in [-0.1, -0.05) is 29.8 Å². The zero-order valence-corrected chi connectivity index (χ0v) is 16.1. The van der Waals surface area contributed by atoms with Crippen LogP contribution in [0.4, 0.5) is 10.1 Å². The van der Waals surface area contributed by atoms with E-state index in [4.69, 9.17) is 25.8 Å². The molecule has 6 nitrogen and oxygen atoms in total. The third-order valence-corrected chi connectivity index (χ3v) is 3.70. The van der Waals surface area contributed by atoms with Gasteiger partial charge in [0.25, 0.3) is 5.91 Å². The van der Waals surface area contributed by atoms with Crippen LogP contribution < -0.4 is 14.8 Å². The Bertz CT molecular complexity index is 885. The average Bonchev–Trinajstić information content (AvgIpc) is 2.67. The number of hydrogen-bond acceptors (Lipinski definition) is 5. The molecule has 148 valence electrons. The van der Waals surface area contributed by atoms with E-state index in [2.05, 4.69) is 5.32 Å². The molecular weight excluding hydrogens is 389 g/mol. The van der Waals surface area contributed by atoms with E-state index >= 15 is 0 Å². The molecule has 0 fully saturated rings. The first kappa shape index (κ1) is 21.2. The van der Waals surface area contributed by atoms with Crippen LogP contribution in [-0.4, -0.2) is 32.2 Å². The van der Waals surface area contributed by atoms with Gasteiger partial charge in [0.2, 0.25) is 0 Å². The van der Waals surface area contributed by atoms with E-state index in [1.54, 1.807) is 18.2 Å². The van der Waals surface area contributed by atoms with E-state index in [-0.39, 0.29) is 10.7 Å². The van der Waals surface area contributed by atoms with Crippen molar-refractivity contribution in [3.05, 3.63) is 58.9 Å². The van der Waals surface area contributed by atoms with Crippen molar-refractivity contribution in [3.63, 3.8) is 0 Å². The minimum Gasteiger partial charge on any atom is -0.493 e. The van der Waals surface area contributed by atoms with Gasteiger partial charge in [-0.3, -0.25) is 4.79 Å². The van der Waals surface area contributed by atoms with Crippen molar-refractivity contribution >= 4 is 35.2 Å². The summed E-state index contributed by atoms with van der Waals surface area (Å²) in [5, 5.41) is 2.49. The number of methoxy groups -OCH3 is 1. The Balaban J connectivity index is 1.83. The van der Waals surface area contributed by atoms with Gasteiger partial charge in [-0.05, 0) is 42.8 Å². The topological polar surface area (TPSA) is 73.9 Å². The molecule has 0 heterocycles. The molecule has 2 aromatic rings. The number of allylic oxidation sites excluding steroid dienone is 1. The number of rotatable bonds is 8. The van der Waals surface area contributed by atoms with Gasteiger partial charge in [-0.15, -0.1) is 0 Å². The van der Waals surface area contributed by atoms with Crippen molar-refractivity contribution in [2.75, 3.05) is 25.6 Å². The van der Waals surface area contributed by atoms with Crippen LogP contribution in [0.15, 0.2) is 42.5 Å². The minimum absolute atomic E-state index is 0.0624.